The average molecular weight is 276 g/mol. The van der Waals surface area contributed by atoms with E-state index >= 15 is 0 Å². The summed E-state index contributed by atoms with van der Waals surface area (Å²) in [6.07, 6.45) is 1.10. The Hall–Kier alpha value is -2.01. The van der Waals surface area contributed by atoms with Gasteiger partial charge in [0.2, 0.25) is 0 Å². The number of hydrogen-bond donors (Lipinski definition) is 0. The van der Waals surface area contributed by atoms with Crippen LogP contribution < -0.4 is 0 Å². The first-order chi connectivity index (χ1) is 9.25. The van der Waals surface area contributed by atoms with Gasteiger partial charge in [-0.1, -0.05) is 18.2 Å². The predicted molar refractivity (Wildman–Crippen MR) is 71.8 cm³/mol. The molecular formula is C14H10F2N2S. The van der Waals surface area contributed by atoms with Crippen molar-refractivity contribution in [3.8, 4) is 16.1 Å². The lowest BCUT2D eigenvalue weighted by molar-refractivity contribution is 0.155. The summed E-state index contributed by atoms with van der Waals surface area (Å²) in [5, 5.41) is 4.19. The fraction of sp³-hybridized carbons (Fsp3) is 0.0714. The Morgan fingerprint density at radius 1 is 1.05 bits per heavy atom. The second-order valence-electron chi connectivity index (χ2n) is 3.97. The normalized spacial score (nSPS) is 11.1. The highest BCUT2D eigenvalue weighted by Gasteiger charge is 2.13. The van der Waals surface area contributed by atoms with Gasteiger partial charge in [-0.3, -0.25) is 0 Å². The van der Waals surface area contributed by atoms with E-state index in [4.69, 9.17) is 0 Å². The third-order valence-corrected chi connectivity index (χ3v) is 3.89. The zero-order chi connectivity index (χ0) is 13.2. The SMILES string of the molecule is FC(F)c1ccc(-c2ccccc2-n2cccn2)s1. The molecule has 0 fully saturated rings. The van der Waals surface area contributed by atoms with Gasteiger partial charge in [0, 0.05) is 22.8 Å². The molecule has 2 heterocycles. The molecule has 0 aliphatic carbocycles. The Morgan fingerprint density at radius 2 is 1.89 bits per heavy atom. The van der Waals surface area contributed by atoms with Crippen LogP contribution in [0.1, 0.15) is 11.3 Å². The van der Waals surface area contributed by atoms with Crippen LogP contribution in [0.5, 0.6) is 0 Å². The average Bonchev–Trinajstić information content (AvgIpc) is 3.10. The van der Waals surface area contributed by atoms with Crippen LogP contribution >= 0.6 is 11.3 Å². The summed E-state index contributed by atoms with van der Waals surface area (Å²) in [7, 11) is 0. The molecule has 0 unspecified atom stereocenters. The predicted octanol–water partition coefficient (Wildman–Crippen LogP) is 4.54. The van der Waals surface area contributed by atoms with Crippen molar-refractivity contribution in [1.82, 2.24) is 9.78 Å². The van der Waals surface area contributed by atoms with E-state index in [-0.39, 0.29) is 4.88 Å². The van der Waals surface area contributed by atoms with E-state index in [1.807, 2.05) is 36.5 Å². The Bertz CT molecular complexity index is 674. The number of benzene rings is 1. The molecule has 1 aromatic carbocycles. The molecule has 0 atom stereocenters. The minimum absolute atomic E-state index is 0.0882. The van der Waals surface area contributed by atoms with Crippen LogP contribution in [0.3, 0.4) is 0 Å². The maximum Gasteiger partial charge on any atom is 0.272 e. The van der Waals surface area contributed by atoms with Crippen molar-refractivity contribution in [3.05, 3.63) is 59.7 Å². The summed E-state index contributed by atoms with van der Waals surface area (Å²) in [6.45, 7) is 0. The van der Waals surface area contributed by atoms with Gasteiger partial charge in [-0.15, -0.1) is 11.3 Å². The van der Waals surface area contributed by atoms with E-state index in [0.29, 0.717) is 0 Å². The lowest BCUT2D eigenvalue weighted by Gasteiger charge is -2.07. The van der Waals surface area contributed by atoms with Crippen molar-refractivity contribution in [1.29, 1.82) is 0 Å². The number of hydrogen-bond acceptors (Lipinski definition) is 2. The zero-order valence-corrected chi connectivity index (χ0v) is 10.6. The van der Waals surface area contributed by atoms with E-state index in [9.17, 15) is 8.78 Å². The maximum absolute atomic E-state index is 12.7. The van der Waals surface area contributed by atoms with Gasteiger partial charge in [0.15, 0.2) is 0 Å². The van der Waals surface area contributed by atoms with Crippen LogP contribution in [-0.4, -0.2) is 9.78 Å². The third kappa shape index (κ3) is 2.29. The van der Waals surface area contributed by atoms with E-state index in [0.717, 1.165) is 27.5 Å². The number of aromatic nitrogens is 2. The number of rotatable bonds is 3. The van der Waals surface area contributed by atoms with Crippen molar-refractivity contribution in [2.24, 2.45) is 0 Å². The molecule has 19 heavy (non-hydrogen) atoms. The lowest BCUT2D eigenvalue weighted by atomic mass is 10.1. The Balaban J connectivity index is 2.09. The van der Waals surface area contributed by atoms with Crippen LogP contribution in [-0.2, 0) is 0 Å². The highest BCUT2D eigenvalue weighted by Crippen LogP contribution is 2.35. The Labute approximate surface area is 112 Å². The molecule has 0 bridgehead atoms. The van der Waals surface area contributed by atoms with E-state index in [1.54, 1.807) is 16.9 Å². The molecule has 0 spiro atoms. The summed E-state index contributed by atoms with van der Waals surface area (Å²) in [4.78, 5) is 0.909. The molecular weight excluding hydrogens is 266 g/mol. The standard InChI is InChI=1S/C14H10F2N2S/c15-14(16)13-7-6-12(19-13)10-4-1-2-5-11(10)18-9-3-8-17-18/h1-9,14H. The van der Waals surface area contributed by atoms with Crippen LogP contribution in [0, 0.1) is 0 Å². The van der Waals surface area contributed by atoms with E-state index < -0.39 is 6.43 Å². The van der Waals surface area contributed by atoms with Gasteiger partial charge in [0.25, 0.3) is 6.43 Å². The number of halogens is 2. The molecule has 0 amide bonds. The molecule has 96 valence electrons. The minimum Gasteiger partial charge on any atom is -0.240 e. The summed E-state index contributed by atoms with van der Waals surface area (Å²) >= 11 is 1.11. The van der Waals surface area contributed by atoms with Gasteiger partial charge >= 0.3 is 0 Å². The first-order valence-corrected chi connectivity index (χ1v) is 6.54. The molecule has 0 aliphatic heterocycles. The fourth-order valence-electron chi connectivity index (χ4n) is 1.91. The van der Waals surface area contributed by atoms with Crippen molar-refractivity contribution in [2.45, 2.75) is 6.43 Å². The van der Waals surface area contributed by atoms with Gasteiger partial charge in [0.05, 0.1) is 10.6 Å². The molecule has 5 heteroatoms. The molecule has 0 saturated heterocycles. The zero-order valence-electron chi connectivity index (χ0n) is 9.83. The highest BCUT2D eigenvalue weighted by atomic mass is 32.1. The van der Waals surface area contributed by atoms with Gasteiger partial charge in [-0.05, 0) is 24.3 Å². The van der Waals surface area contributed by atoms with Gasteiger partial charge < -0.3 is 0 Å². The third-order valence-electron chi connectivity index (χ3n) is 2.76. The second kappa shape index (κ2) is 4.93. The van der Waals surface area contributed by atoms with Gasteiger partial charge in [-0.2, -0.15) is 5.10 Å². The molecule has 2 aromatic heterocycles. The lowest BCUT2D eigenvalue weighted by Crippen LogP contribution is -1.96. The number of thiophene rings is 1. The number of alkyl halides is 2. The Morgan fingerprint density at radius 3 is 2.58 bits per heavy atom. The fourth-order valence-corrected chi connectivity index (χ4v) is 2.81. The van der Waals surface area contributed by atoms with Crippen molar-refractivity contribution in [2.75, 3.05) is 0 Å². The van der Waals surface area contributed by atoms with Crippen LogP contribution in [0.2, 0.25) is 0 Å². The molecule has 0 saturated carbocycles. The molecule has 3 rings (SSSR count). The van der Waals surface area contributed by atoms with Crippen molar-refractivity contribution >= 4 is 11.3 Å². The smallest absolute Gasteiger partial charge is 0.240 e. The molecule has 3 aromatic rings. The van der Waals surface area contributed by atoms with Gasteiger partial charge in [-0.25, -0.2) is 13.5 Å². The summed E-state index contributed by atoms with van der Waals surface area (Å²) in [5.41, 5.74) is 1.79. The monoisotopic (exact) mass is 276 g/mol. The van der Waals surface area contributed by atoms with Crippen LogP contribution in [0.4, 0.5) is 8.78 Å². The quantitative estimate of drug-likeness (QED) is 0.686. The summed E-state index contributed by atoms with van der Waals surface area (Å²) < 4.78 is 27.1. The van der Waals surface area contributed by atoms with Crippen LogP contribution in [0.15, 0.2) is 54.9 Å². The largest absolute Gasteiger partial charge is 0.272 e. The van der Waals surface area contributed by atoms with E-state index in [1.165, 1.54) is 6.07 Å². The maximum atomic E-state index is 12.7. The first-order valence-electron chi connectivity index (χ1n) is 5.73. The molecule has 0 N–H and O–H groups in total. The highest BCUT2D eigenvalue weighted by molar-refractivity contribution is 7.15. The molecule has 2 nitrogen and oxygen atoms in total. The topological polar surface area (TPSA) is 17.8 Å². The van der Waals surface area contributed by atoms with Gasteiger partial charge in [0.1, 0.15) is 0 Å². The molecule has 0 radical (unpaired) electrons. The summed E-state index contributed by atoms with van der Waals surface area (Å²) in [5.74, 6) is 0. The van der Waals surface area contributed by atoms with Crippen molar-refractivity contribution < 1.29 is 8.78 Å². The van der Waals surface area contributed by atoms with Crippen molar-refractivity contribution in [3.63, 3.8) is 0 Å². The number of para-hydroxylation sites is 1. The first kappa shape index (κ1) is 12.0. The number of nitrogens with zero attached hydrogens (tertiary/aromatic N) is 2. The molecule has 0 aliphatic rings. The van der Waals surface area contributed by atoms with E-state index in [2.05, 4.69) is 5.10 Å². The minimum atomic E-state index is -2.42. The van der Waals surface area contributed by atoms with Crippen LogP contribution in [0.25, 0.3) is 16.1 Å². The summed E-state index contributed by atoms with van der Waals surface area (Å²) in [6, 6.07) is 12.7. The second-order valence-corrected chi connectivity index (χ2v) is 5.09. The Kier molecular flexibility index (Phi) is 3.13.